The fraction of sp³-hybridized carbons (Fsp3) is 0.214. The van der Waals surface area contributed by atoms with Crippen LogP contribution in [0.15, 0.2) is 48.7 Å². The first-order valence-corrected chi connectivity index (χ1v) is 5.42. The lowest BCUT2D eigenvalue weighted by atomic mass is 10.1. The molecule has 0 bridgehead atoms. The molecule has 1 heterocycles. The molecule has 1 aromatic heterocycles. The molecule has 82 valence electrons. The summed E-state index contributed by atoms with van der Waals surface area (Å²) in [5.74, 6) is 0.957. The molecule has 0 fully saturated rings. The Labute approximate surface area is 95.9 Å². The second kappa shape index (κ2) is 5.31. The third-order valence-electron chi connectivity index (χ3n) is 2.57. The van der Waals surface area contributed by atoms with E-state index in [1.807, 2.05) is 36.5 Å². The number of methoxy groups -OCH3 is 1. The van der Waals surface area contributed by atoms with Crippen LogP contribution in [0.3, 0.4) is 0 Å². The molecule has 0 N–H and O–H groups in total. The summed E-state index contributed by atoms with van der Waals surface area (Å²) in [6.07, 6.45) is 3.74. The Hall–Kier alpha value is -1.83. The number of aromatic nitrogens is 1. The van der Waals surface area contributed by atoms with Crippen molar-refractivity contribution >= 4 is 0 Å². The maximum Gasteiger partial charge on any atom is 0.122 e. The summed E-state index contributed by atoms with van der Waals surface area (Å²) in [6, 6.07) is 14.1. The van der Waals surface area contributed by atoms with Crippen LogP contribution in [0.25, 0.3) is 0 Å². The van der Waals surface area contributed by atoms with E-state index in [-0.39, 0.29) is 0 Å². The minimum absolute atomic E-state index is 0.946. The largest absolute Gasteiger partial charge is 0.496 e. The van der Waals surface area contributed by atoms with E-state index in [1.165, 1.54) is 5.56 Å². The van der Waals surface area contributed by atoms with Crippen LogP contribution in [0.1, 0.15) is 11.3 Å². The zero-order valence-electron chi connectivity index (χ0n) is 9.39. The van der Waals surface area contributed by atoms with E-state index >= 15 is 0 Å². The van der Waals surface area contributed by atoms with Gasteiger partial charge in [0.25, 0.3) is 0 Å². The molecule has 0 aliphatic rings. The van der Waals surface area contributed by atoms with Crippen LogP contribution >= 0.6 is 0 Å². The van der Waals surface area contributed by atoms with Crippen LogP contribution in [0.2, 0.25) is 0 Å². The second-order valence-electron chi connectivity index (χ2n) is 3.63. The highest BCUT2D eigenvalue weighted by Crippen LogP contribution is 2.18. The van der Waals surface area contributed by atoms with Crippen molar-refractivity contribution in [3.8, 4) is 5.75 Å². The van der Waals surface area contributed by atoms with E-state index in [4.69, 9.17) is 4.74 Å². The molecule has 2 heteroatoms. The average molecular weight is 213 g/mol. The van der Waals surface area contributed by atoms with E-state index < -0.39 is 0 Å². The van der Waals surface area contributed by atoms with E-state index in [0.29, 0.717) is 0 Å². The molecule has 2 rings (SSSR count). The Bertz CT molecular complexity index is 439. The summed E-state index contributed by atoms with van der Waals surface area (Å²) in [7, 11) is 1.71. The van der Waals surface area contributed by atoms with Gasteiger partial charge in [0.15, 0.2) is 0 Å². The highest BCUT2D eigenvalue weighted by molar-refractivity contribution is 5.33. The number of ether oxygens (including phenoxy) is 1. The van der Waals surface area contributed by atoms with Crippen molar-refractivity contribution in [2.24, 2.45) is 0 Å². The van der Waals surface area contributed by atoms with Crippen LogP contribution in [0.5, 0.6) is 5.75 Å². The molecule has 0 aliphatic heterocycles. The molecule has 0 amide bonds. The summed E-state index contributed by atoms with van der Waals surface area (Å²) in [5, 5.41) is 0. The van der Waals surface area contributed by atoms with Gasteiger partial charge in [-0.05, 0) is 36.6 Å². The first-order chi connectivity index (χ1) is 7.90. The number of pyridine rings is 1. The standard InChI is InChI=1S/C14H15NO/c1-16-14-8-3-2-6-12(14)9-10-13-7-4-5-11-15-13/h2-8,11H,9-10H2,1H3. The minimum atomic E-state index is 0.946. The maximum atomic E-state index is 5.31. The quantitative estimate of drug-likeness (QED) is 0.779. The van der Waals surface area contributed by atoms with Crippen LogP contribution in [-0.4, -0.2) is 12.1 Å². The van der Waals surface area contributed by atoms with Gasteiger partial charge in [0.1, 0.15) is 5.75 Å². The topological polar surface area (TPSA) is 22.1 Å². The van der Waals surface area contributed by atoms with Crippen LogP contribution < -0.4 is 4.74 Å². The Balaban J connectivity index is 2.05. The molecular weight excluding hydrogens is 198 g/mol. The highest BCUT2D eigenvalue weighted by atomic mass is 16.5. The molecule has 2 nitrogen and oxygen atoms in total. The molecule has 0 unspecified atom stereocenters. The fourth-order valence-corrected chi connectivity index (χ4v) is 1.72. The lowest BCUT2D eigenvalue weighted by Crippen LogP contribution is -1.96. The van der Waals surface area contributed by atoms with Gasteiger partial charge in [0.05, 0.1) is 7.11 Å². The summed E-state index contributed by atoms with van der Waals surface area (Å²) in [5.41, 5.74) is 2.35. The molecule has 2 aromatic rings. The molecule has 0 spiro atoms. The molecule has 0 atom stereocenters. The molecule has 16 heavy (non-hydrogen) atoms. The fourth-order valence-electron chi connectivity index (χ4n) is 1.72. The third kappa shape index (κ3) is 2.60. The monoisotopic (exact) mass is 213 g/mol. The van der Waals surface area contributed by atoms with Crippen molar-refractivity contribution in [2.75, 3.05) is 7.11 Å². The molecule has 1 aromatic carbocycles. The van der Waals surface area contributed by atoms with E-state index in [9.17, 15) is 0 Å². The van der Waals surface area contributed by atoms with Crippen molar-refractivity contribution in [3.05, 3.63) is 59.9 Å². The van der Waals surface area contributed by atoms with E-state index in [1.54, 1.807) is 7.11 Å². The predicted molar refractivity (Wildman–Crippen MR) is 64.6 cm³/mol. The van der Waals surface area contributed by atoms with Gasteiger partial charge in [-0.1, -0.05) is 24.3 Å². The first kappa shape index (κ1) is 10.7. The van der Waals surface area contributed by atoms with E-state index in [0.717, 1.165) is 24.3 Å². The molecular formula is C14H15NO. The number of hydrogen-bond donors (Lipinski definition) is 0. The second-order valence-corrected chi connectivity index (χ2v) is 3.63. The number of nitrogens with zero attached hydrogens (tertiary/aromatic N) is 1. The predicted octanol–water partition coefficient (Wildman–Crippen LogP) is 2.88. The zero-order valence-corrected chi connectivity index (χ0v) is 9.39. The van der Waals surface area contributed by atoms with Gasteiger partial charge in [-0.2, -0.15) is 0 Å². The number of rotatable bonds is 4. The summed E-state index contributed by atoms with van der Waals surface area (Å²) in [4.78, 5) is 4.31. The van der Waals surface area contributed by atoms with Gasteiger partial charge in [-0.15, -0.1) is 0 Å². The van der Waals surface area contributed by atoms with Crippen molar-refractivity contribution in [2.45, 2.75) is 12.8 Å². The molecule has 0 saturated carbocycles. The normalized spacial score (nSPS) is 10.1. The van der Waals surface area contributed by atoms with E-state index in [2.05, 4.69) is 17.1 Å². The van der Waals surface area contributed by atoms with Crippen LogP contribution in [-0.2, 0) is 12.8 Å². The van der Waals surface area contributed by atoms with Crippen LogP contribution in [0.4, 0.5) is 0 Å². The van der Waals surface area contributed by atoms with Gasteiger partial charge >= 0.3 is 0 Å². The van der Waals surface area contributed by atoms with Gasteiger partial charge in [-0.25, -0.2) is 0 Å². The summed E-state index contributed by atoms with van der Waals surface area (Å²) in [6.45, 7) is 0. The first-order valence-electron chi connectivity index (χ1n) is 5.42. The lowest BCUT2D eigenvalue weighted by molar-refractivity contribution is 0.409. The molecule has 0 radical (unpaired) electrons. The number of aryl methyl sites for hydroxylation is 2. The third-order valence-corrected chi connectivity index (χ3v) is 2.57. The Morgan fingerprint density at radius 3 is 2.56 bits per heavy atom. The lowest BCUT2D eigenvalue weighted by Gasteiger charge is -2.07. The van der Waals surface area contributed by atoms with Crippen molar-refractivity contribution in [1.29, 1.82) is 0 Å². The van der Waals surface area contributed by atoms with Gasteiger partial charge in [-0.3, -0.25) is 4.98 Å². The maximum absolute atomic E-state index is 5.31. The number of hydrogen-bond acceptors (Lipinski definition) is 2. The van der Waals surface area contributed by atoms with Crippen molar-refractivity contribution in [1.82, 2.24) is 4.98 Å². The summed E-state index contributed by atoms with van der Waals surface area (Å²) < 4.78 is 5.31. The minimum Gasteiger partial charge on any atom is -0.496 e. The van der Waals surface area contributed by atoms with Gasteiger partial charge in [0.2, 0.25) is 0 Å². The Morgan fingerprint density at radius 1 is 1.00 bits per heavy atom. The Kier molecular flexibility index (Phi) is 3.54. The highest BCUT2D eigenvalue weighted by Gasteiger charge is 2.02. The number of benzene rings is 1. The Morgan fingerprint density at radius 2 is 1.81 bits per heavy atom. The van der Waals surface area contributed by atoms with Gasteiger partial charge < -0.3 is 4.74 Å². The molecule has 0 saturated heterocycles. The van der Waals surface area contributed by atoms with Crippen LogP contribution in [0, 0.1) is 0 Å². The molecule has 0 aliphatic carbocycles. The van der Waals surface area contributed by atoms with Gasteiger partial charge in [0, 0.05) is 11.9 Å². The van der Waals surface area contributed by atoms with Crippen molar-refractivity contribution < 1.29 is 4.74 Å². The van der Waals surface area contributed by atoms with Crippen molar-refractivity contribution in [3.63, 3.8) is 0 Å². The zero-order chi connectivity index (χ0) is 11.2. The number of para-hydroxylation sites is 1. The SMILES string of the molecule is COc1ccccc1CCc1ccccn1. The smallest absolute Gasteiger partial charge is 0.122 e. The average Bonchev–Trinajstić information content (AvgIpc) is 2.38. The summed E-state index contributed by atoms with van der Waals surface area (Å²) >= 11 is 0.